The number of rotatable bonds is 2. The van der Waals surface area contributed by atoms with Gasteiger partial charge in [-0.1, -0.05) is 11.6 Å². The molecule has 1 aliphatic heterocycles. The molecule has 0 aliphatic carbocycles. The molecule has 0 saturated carbocycles. The van der Waals surface area contributed by atoms with E-state index in [9.17, 15) is 4.79 Å². The summed E-state index contributed by atoms with van der Waals surface area (Å²) in [7, 11) is 0. The van der Waals surface area contributed by atoms with Gasteiger partial charge in [0, 0.05) is 19.6 Å². The number of nitrogens with one attached hydrogen (secondary N) is 1. The Bertz CT molecular complexity index is 183. The van der Waals surface area contributed by atoms with Crippen molar-refractivity contribution in [1.29, 1.82) is 0 Å². The molecule has 1 heterocycles. The van der Waals surface area contributed by atoms with Crippen molar-refractivity contribution in [3.63, 3.8) is 0 Å². The van der Waals surface area contributed by atoms with Crippen LogP contribution in [0.2, 0.25) is 0 Å². The molecule has 0 aromatic carbocycles. The first-order chi connectivity index (χ1) is 5.20. The average molecular weight is 154 g/mol. The number of nitrogens with zero attached hydrogens (tertiary/aromatic N) is 1. The molecule has 1 fully saturated rings. The zero-order valence-corrected chi connectivity index (χ0v) is 7.05. The van der Waals surface area contributed by atoms with E-state index in [-0.39, 0.29) is 6.03 Å². The van der Waals surface area contributed by atoms with Crippen LogP contribution >= 0.6 is 0 Å². The van der Waals surface area contributed by atoms with Gasteiger partial charge in [0.2, 0.25) is 0 Å². The van der Waals surface area contributed by atoms with E-state index < -0.39 is 0 Å². The molecule has 1 rings (SSSR count). The van der Waals surface area contributed by atoms with E-state index in [4.69, 9.17) is 0 Å². The molecule has 1 saturated heterocycles. The molecule has 3 heteroatoms. The fourth-order valence-electron chi connectivity index (χ4n) is 0.978. The summed E-state index contributed by atoms with van der Waals surface area (Å²) in [5.74, 6) is 0. The Morgan fingerprint density at radius 3 is 2.91 bits per heavy atom. The predicted octanol–water partition coefficient (Wildman–Crippen LogP) is 0.978. The summed E-state index contributed by atoms with van der Waals surface area (Å²) in [6, 6.07) is 0.0579. The summed E-state index contributed by atoms with van der Waals surface area (Å²) in [5, 5.41) is 2.75. The summed E-state index contributed by atoms with van der Waals surface area (Å²) >= 11 is 0. The predicted molar refractivity (Wildman–Crippen MR) is 44.4 cm³/mol. The van der Waals surface area contributed by atoms with Crippen LogP contribution in [0.3, 0.4) is 0 Å². The van der Waals surface area contributed by atoms with Crippen LogP contribution in [0.25, 0.3) is 0 Å². The second-order valence-corrected chi connectivity index (χ2v) is 2.96. The molecule has 0 atom stereocenters. The van der Waals surface area contributed by atoms with Gasteiger partial charge in [0.25, 0.3) is 0 Å². The van der Waals surface area contributed by atoms with Gasteiger partial charge in [0.05, 0.1) is 0 Å². The number of hydrogen-bond acceptors (Lipinski definition) is 1. The Morgan fingerprint density at radius 1 is 1.73 bits per heavy atom. The van der Waals surface area contributed by atoms with Crippen LogP contribution in [0.15, 0.2) is 11.6 Å². The number of amides is 2. The summed E-state index contributed by atoms with van der Waals surface area (Å²) in [6.07, 6.45) is 2.06. The molecule has 62 valence electrons. The van der Waals surface area contributed by atoms with Crippen molar-refractivity contribution in [2.45, 2.75) is 13.8 Å². The van der Waals surface area contributed by atoms with E-state index in [1.807, 2.05) is 13.8 Å². The summed E-state index contributed by atoms with van der Waals surface area (Å²) in [6.45, 7) is 6.44. The molecule has 0 unspecified atom stereocenters. The number of allylic oxidation sites excluding steroid dienone is 1. The minimum absolute atomic E-state index is 0.0579. The maximum atomic E-state index is 11.0. The fourth-order valence-corrected chi connectivity index (χ4v) is 0.978. The van der Waals surface area contributed by atoms with Crippen molar-refractivity contribution in [3.05, 3.63) is 11.6 Å². The highest BCUT2D eigenvalue weighted by Gasteiger charge is 2.17. The van der Waals surface area contributed by atoms with E-state index in [0.717, 1.165) is 19.6 Å². The Labute approximate surface area is 67.1 Å². The van der Waals surface area contributed by atoms with Crippen LogP contribution in [0.5, 0.6) is 0 Å². The normalized spacial score (nSPS) is 16.5. The van der Waals surface area contributed by atoms with Gasteiger partial charge in [0.1, 0.15) is 0 Å². The molecule has 1 aliphatic rings. The third kappa shape index (κ3) is 2.26. The van der Waals surface area contributed by atoms with Crippen molar-refractivity contribution in [2.24, 2.45) is 0 Å². The zero-order valence-electron chi connectivity index (χ0n) is 7.05. The van der Waals surface area contributed by atoms with E-state index in [1.165, 1.54) is 5.57 Å². The topological polar surface area (TPSA) is 32.3 Å². The number of carbonyl (C=O) groups excluding carboxylic acids is 1. The molecule has 2 amide bonds. The van der Waals surface area contributed by atoms with Crippen LogP contribution in [0.4, 0.5) is 4.79 Å². The molecule has 0 spiro atoms. The van der Waals surface area contributed by atoms with Gasteiger partial charge < -0.3 is 10.2 Å². The summed E-state index contributed by atoms with van der Waals surface area (Å²) in [4.78, 5) is 12.8. The molecule has 11 heavy (non-hydrogen) atoms. The van der Waals surface area contributed by atoms with Crippen molar-refractivity contribution in [3.8, 4) is 0 Å². The fraction of sp³-hybridized carbons (Fsp3) is 0.625. The zero-order chi connectivity index (χ0) is 8.27. The SMILES string of the molecule is CC(C)=CCN1CCNC1=O. The Kier molecular flexibility index (Phi) is 2.52. The highest BCUT2D eigenvalue weighted by molar-refractivity contribution is 5.76. The van der Waals surface area contributed by atoms with E-state index in [0.29, 0.717) is 0 Å². The molecule has 0 bridgehead atoms. The van der Waals surface area contributed by atoms with Crippen molar-refractivity contribution < 1.29 is 4.79 Å². The van der Waals surface area contributed by atoms with Crippen LogP contribution in [-0.2, 0) is 0 Å². The second-order valence-electron chi connectivity index (χ2n) is 2.96. The molecule has 0 aromatic heterocycles. The lowest BCUT2D eigenvalue weighted by atomic mass is 10.3. The first-order valence-corrected chi connectivity index (χ1v) is 3.86. The molecular weight excluding hydrogens is 140 g/mol. The largest absolute Gasteiger partial charge is 0.336 e. The van der Waals surface area contributed by atoms with Gasteiger partial charge in [-0.15, -0.1) is 0 Å². The summed E-state index contributed by atoms with van der Waals surface area (Å²) in [5.41, 5.74) is 1.25. The first kappa shape index (κ1) is 8.11. The maximum Gasteiger partial charge on any atom is 0.317 e. The van der Waals surface area contributed by atoms with Gasteiger partial charge in [-0.2, -0.15) is 0 Å². The maximum absolute atomic E-state index is 11.0. The molecular formula is C8H14N2O. The number of carbonyl (C=O) groups is 1. The molecule has 0 aromatic rings. The second kappa shape index (κ2) is 3.42. The molecule has 3 nitrogen and oxygen atoms in total. The van der Waals surface area contributed by atoms with Crippen LogP contribution in [0, 0.1) is 0 Å². The smallest absolute Gasteiger partial charge is 0.317 e. The highest BCUT2D eigenvalue weighted by atomic mass is 16.2. The minimum atomic E-state index is 0.0579. The molecule has 0 radical (unpaired) electrons. The van der Waals surface area contributed by atoms with Gasteiger partial charge >= 0.3 is 6.03 Å². The van der Waals surface area contributed by atoms with Crippen molar-refractivity contribution in [1.82, 2.24) is 10.2 Å². The Hall–Kier alpha value is -0.990. The van der Waals surface area contributed by atoms with Crippen LogP contribution < -0.4 is 5.32 Å². The van der Waals surface area contributed by atoms with Crippen LogP contribution in [-0.4, -0.2) is 30.6 Å². The highest BCUT2D eigenvalue weighted by Crippen LogP contribution is 1.98. The van der Waals surface area contributed by atoms with E-state index in [1.54, 1.807) is 4.90 Å². The van der Waals surface area contributed by atoms with Gasteiger partial charge in [-0.25, -0.2) is 4.79 Å². The summed E-state index contributed by atoms with van der Waals surface area (Å²) < 4.78 is 0. The van der Waals surface area contributed by atoms with Gasteiger partial charge in [-0.3, -0.25) is 0 Å². The average Bonchev–Trinajstić information content (AvgIpc) is 2.31. The van der Waals surface area contributed by atoms with Crippen molar-refractivity contribution in [2.75, 3.05) is 19.6 Å². The van der Waals surface area contributed by atoms with Gasteiger partial charge in [-0.05, 0) is 13.8 Å². The third-order valence-electron chi connectivity index (χ3n) is 1.67. The van der Waals surface area contributed by atoms with Crippen LogP contribution in [0.1, 0.15) is 13.8 Å². The van der Waals surface area contributed by atoms with Gasteiger partial charge in [0.15, 0.2) is 0 Å². The monoisotopic (exact) mass is 154 g/mol. The quantitative estimate of drug-likeness (QED) is 0.591. The van der Waals surface area contributed by atoms with E-state index in [2.05, 4.69) is 11.4 Å². The number of hydrogen-bond donors (Lipinski definition) is 1. The lowest BCUT2D eigenvalue weighted by molar-refractivity contribution is 0.221. The van der Waals surface area contributed by atoms with Crippen molar-refractivity contribution >= 4 is 6.03 Å². The standard InChI is InChI=1S/C8H14N2O/c1-7(2)3-5-10-6-4-9-8(10)11/h3H,4-6H2,1-2H3,(H,9,11). The lowest BCUT2D eigenvalue weighted by Gasteiger charge is -2.10. The minimum Gasteiger partial charge on any atom is -0.336 e. The third-order valence-corrected chi connectivity index (χ3v) is 1.67. The Balaban J connectivity index is 2.37. The lowest BCUT2D eigenvalue weighted by Crippen LogP contribution is -2.28. The molecule has 1 N–H and O–H groups in total. The first-order valence-electron chi connectivity index (χ1n) is 3.86. The Morgan fingerprint density at radius 2 is 2.45 bits per heavy atom. The number of urea groups is 1. The van der Waals surface area contributed by atoms with E-state index >= 15 is 0 Å².